The van der Waals surface area contributed by atoms with Gasteiger partial charge in [-0.05, 0) is 62.7 Å². The topological polar surface area (TPSA) is 37.9 Å². The van der Waals surface area contributed by atoms with Crippen LogP contribution in [0, 0.1) is 13.8 Å². The summed E-state index contributed by atoms with van der Waals surface area (Å²) in [6.07, 6.45) is 0.155. The number of methoxy groups -OCH3 is 1. The largest absolute Gasteiger partial charge is 0.496 e. The molecule has 3 aromatic carbocycles. The Balaban J connectivity index is 1.71. The number of ether oxygens (including phenoxy) is 1. The second kappa shape index (κ2) is 6.42. The highest BCUT2D eigenvalue weighted by Crippen LogP contribution is 2.49. The lowest BCUT2D eigenvalue weighted by Gasteiger charge is -2.30. The number of aromatic nitrogens is 3. The Morgan fingerprint density at radius 2 is 1.66 bits per heavy atom. The summed E-state index contributed by atoms with van der Waals surface area (Å²) in [5, 5.41) is 0. The van der Waals surface area contributed by atoms with Crippen molar-refractivity contribution in [1.29, 1.82) is 0 Å². The summed E-state index contributed by atoms with van der Waals surface area (Å²) >= 11 is 0. The van der Waals surface area contributed by atoms with Crippen LogP contribution >= 0.6 is 0 Å². The van der Waals surface area contributed by atoms with Gasteiger partial charge in [0.05, 0.1) is 40.7 Å². The average Bonchev–Trinajstić information content (AvgIpc) is 3.39. The Kier molecular flexibility index (Phi) is 3.82. The SMILES string of the molecule is COc1cc(C)cc(N2c3c(ccc4c3nc3n(C)c5ccccc5n43)N(C)[C@@H]2C)c1C. The number of benzene rings is 3. The molecular weight excluding hydrogens is 398 g/mol. The fourth-order valence-corrected chi connectivity index (χ4v) is 5.29. The van der Waals surface area contributed by atoms with Crippen LogP contribution in [0.5, 0.6) is 5.75 Å². The average molecular weight is 426 g/mol. The zero-order chi connectivity index (χ0) is 22.3. The van der Waals surface area contributed by atoms with Crippen molar-refractivity contribution in [3.05, 3.63) is 59.7 Å². The molecule has 0 amide bonds. The monoisotopic (exact) mass is 425 g/mol. The van der Waals surface area contributed by atoms with Gasteiger partial charge in [-0.2, -0.15) is 0 Å². The standard InChI is InChI=1S/C26H27N5O/c1-15-13-22(16(2)23(14-15)32-6)30-17(3)28(4)21-12-11-20-24(25(21)30)27-26-29(5)18-9-7-8-10-19(18)31(20)26/h7-14,17H,1-6H3/t17-/m0/s1. The maximum Gasteiger partial charge on any atom is 0.215 e. The van der Waals surface area contributed by atoms with Crippen molar-refractivity contribution in [3.63, 3.8) is 0 Å². The van der Waals surface area contributed by atoms with Crippen molar-refractivity contribution in [2.75, 3.05) is 24.0 Å². The first kappa shape index (κ1) is 19.0. The third kappa shape index (κ3) is 2.27. The van der Waals surface area contributed by atoms with Crippen molar-refractivity contribution < 1.29 is 4.74 Å². The molecule has 6 nitrogen and oxygen atoms in total. The van der Waals surface area contributed by atoms with E-state index < -0.39 is 0 Å². The van der Waals surface area contributed by atoms with Crippen LogP contribution in [-0.4, -0.2) is 34.3 Å². The van der Waals surface area contributed by atoms with Crippen LogP contribution in [0.4, 0.5) is 17.1 Å². The number of anilines is 3. The highest BCUT2D eigenvalue weighted by atomic mass is 16.5. The van der Waals surface area contributed by atoms with Crippen molar-refractivity contribution in [3.8, 4) is 5.75 Å². The molecule has 0 saturated heterocycles. The van der Waals surface area contributed by atoms with E-state index in [0.29, 0.717) is 0 Å². The molecule has 6 heteroatoms. The predicted molar refractivity (Wildman–Crippen MR) is 132 cm³/mol. The van der Waals surface area contributed by atoms with E-state index in [0.717, 1.165) is 39.5 Å². The summed E-state index contributed by atoms with van der Waals surface area (Å²) in [5.74, 6) is 1.87. The molecule has 2 aromatic heterocycles. The van der Waals surface area contributed by atoms with E-state index in [1.54, 1.807) is 7.11 Å². The third-order valence-corrected chi connectivity index (χ3v) is 7.06. The van der Waals surface area contributed by atoms with Gasteiger partial charge in [0, 0.05) is 19.7 Å². The fourth-order valence-electron chi connectivity index (χ4n) is 5.29. The van der Waals surface area contributed by atoms with E-state index in [2.05, 4.69) is 102 Å². The van der Waals surface area contributed by atoms with Crippen LogP contribution in [0.2, 0.25) is 0 Å². The Hall–Kier alpha value is -3.67. The van der Waals surface area contributed by atoms with Gasteiger partial charge in [0.2, 0.25) is 5.78 Å². The van der Waals surface area contributed by atoms with Crippen molar-refractivity contribution >= 4 is 44.9 Å². The number of para-hydroxylation sites is 2. The quantitative estimate of drug-likeness (QED) is 0.372. The first-order valence-electron chi connectivity index (χ1n) is 11.0. The fraction of sp³-hybridized carbons (Fsp3) is 0.269. The van der Waals surface area contributed by atoms with Gasteiger partial charge in [0.25, 0.3) is 0 Å². The second-order valence-electron chi connectivity index (χ2n) is 8.82. The molecule has 162 valence electrons. The Morgan fingerprint density at radius 1 is 0.906 bits per heavy atom. The van der Waals surface area contributed by atoms with Crippen LogP contribution in [0.25, 0.3) is 27.8 Å². The lowest BCUT2D eigenvalue weighted by Crippen LogP contribution is -2.36. The molecule has 1 aliphatic heterocycles. The number of hydrogen-bond acceptors (Lipinski definition) is 4. The summed E-state index contributed by atoms with van der Waals surface area (Å²) in [6, 6.07) is 17.3. The molecular formula is C26H27N5O. The maximum atomic E-state index is 5.70. The molecule has 0 fully saturated rings. The molecule has 0 unspecified atom stereocenters. The number of hydrogen-bond donors (Lipinski definition) is 0. The van der Waals surface area contributed by atoms with E-state index >= 15 is 0 Å². The summed E-state index contributed by atoms with van der Waals surface area (Å²) in [5.41, 5.74) is 10.3. The zero-order valence-electron chi connectivity index (χ0n) is 19.3. The van der Waals surface area contributed by atoms with Crippen molar-refractivity contribution in [2.24, 2.45) is 7.05 Å². The molecule has 0 saturated carbocycles. The molecule has 0 N–H and O–H groups in total. The summed E-state index contributed by atoms with van der Waals surface area (Å²) in [4.78, 5) is 9.93. The normalized spacial score (nSPS) is 16.0. The molecule has 6 rings (SSSR count). The number of fused-ring (bicyclic) bond motifs is 7. The molecule has 1 atom stereocenters. The molecule has 0 spiro atoms. The van der Waals surface area contributed by atoms with Crippen LogP contribution in [0.1, 0.15) is 18.1 Å². The smallest absolute Gasteiger partial charge is 0.215 e. The van der Waals surface area contributed by atoms with E-state index in [1.807, 2.05) is 0 Å². The summed E-state index contributed by atoms with van der Waals surface area (Å²) in [6.45, 7) is 6.50. The molecule has 5 aromatic rings. The molecule has 0 bridgehead atoms. The minimum atomic E-state index is 0.155. The second-order valence-corrected chi connectivity index (χ2v) is 8.82. The number of rotatable bonds is 2. The third-order valence-electron chi connectivity index (χ3n) is 7.06. The van der Waals surface area contributed by atoms with Crippen LogP contribution < -0.4 is 14.5 Å². The first-order valence-corrected chi connectivity index (χ1v) is 11.0. The van der Waals surface area contributed by atoms with Gasteiger partial charge in [-0.3, -0.25) is 4.40 Å². The van der Waals surface area contributed by atoms with Gasteiger partial charge in [0.15, 0.2) is 0 Å². The lowest BCUT2D eigenvalue weighted by molar-refractivity contribution is 0.411. The van der Waals surface area contributed by atoms with Gasteiger partial charge >= 0.3 is 0 Å². The summed E-state index contributed by atoms with van der Waals surface area (Å²) in [7, 11) is 5.99. The minimum absolute atomic E-state index is 0.155. The molecule has 3 heterocycles. The number of aryl methyl sites for hydroxylation is 2. The van der Waals surface area contributed by atoms with Gasteiger partial charge in [0.1, 0.15) is 17.4 Å². The zero-order valence-corrected chi connectivity index (χ0v) is 19.3. The highest BCUT2D eigenvalue weighted by molar-refractivity contribution is 6.05. The lowest BCUT2D eigenvalue weighted by atomic mass is 10.1. The van der Waals surface area contributed by atoms with Crippen LogP contribution in [0.3, 0.4) is 0 Å². The maximum absolute atomic E-state index is 5.70. The highest BCUT2D eigenvalue weighted by Gasteiger charge is 2.36. The summed E-state index contributed by atoms with van der Waals surface area (Å²) < 4.78 is 10.1. The molecule has 32 heavy (non-hydrogen) atoms. The van der Waals surface area contributed by atoms with Gasteiger partial charge in [-0.1, -0.05) is 12.1 Å². The Bertz CT molecular complexity index is 1540. The van der Waals surface area contributed by atoms with Crippen molar-refractivity contribution in [2.45, 2.75) is 26.9 Å². The van der Waals surface area contributed by atoms with Crippen molar-refractivity contribution in [1.82, 2.24) is 14.0 Å². The van der Waals surface area contributed by atoms with E-state index in [4.69, 9.17) is 9.72 Å². The van der Waals surface area contributed by atoms with Gasteiger partial charge in [-0.25, -0.2) is 4.98 Å². The number of nitrogens with zero attached hydrogens (tertiary/aromatic N) is 5. The van der Waals surface area contributed by atoms with Gasteiger partial charge < -0.3 is 19.1 Å². The van der Waals surface area contributed by atoms with E-state index in [1.165, 1.54) is 22.3 Å². The predicted octanol–water partition coefficient (Wildman–Crippen LogP) is 5.54. The molecule has 1 aliphatic rings. The van der Waals surface area contributed by atoms with Crippen LogP contribution in [0.15, 0.2) is 48.5 Å². The Labute approximate surface area is 187 Å². The molecule has 0 radical (unpaired) electrons. The Morgan fingerprint density at radius 3 is 2.41 bits per heavy atom. The van der Waals surface area contributed by atoms with E-state index in [9.17, 15) is 0 Å². The molecule has 0 aliphatic carbocycles. The van der Waals surface area contributed by atoms with Crippen LogP contribution in [-0.2, 0) is 7.05 Å². The first-order chi connectivity index (χ1) is 15.4. The van der Waals surface area contributed by atoms with Gasteiger partial charge in [-0.15, -0.1) is 0 Å². The van der Waals surface area contributed by atoms with E-state index in [-0.39, 0.29) is 6.17 Å². The number of imidazole rings is 2. The minimum Gasteiger partial charge on any atom is -0.496 e.